The zero-order valence-corrected chi connectivity index (χ0v) is 9.06. The maximum Gasteiger partial charge on any atom is 0.290 e. The second kappa shape index (κ2) is 4.61. The predicted molar refractivity (Wildman–Crippen MR) is 56.3 cm³/mol. The molecule has 0 spiro atoms. The van der Waals surface area contributed by atoms with Crippen LogP contribution in [0.1, 0.15) is 54.7 Å². The summed E-state index contributed by atoms with van der Waals surface area (Å²) < 4.78 is 4.95. The number of amides is 1. The molecule has 1 aromatic heterocycles. The van der Waals surface area contributed by atoms with E-state index in [1.165, 1.54) is 19.3 Å². The van der Waals surface area contributed by atoms with Crippen molar-refractivity contribution in [2.75, 3.05) is 0 Å². The Morgan fingerprint density at radius 1 is 1.38 bits per heavy atom. The molecule has 1 unspecified atom stereocenters. The van der Waals surface area contributed by atoms with E-state index >= 15 is 0 Å². The van der Waals surface area contributed by atoms with Gasteiger partial charge in [0.1, 0.15) is 0 Å². The van der Waals surface area contributed by atoms with Crippen LogP contribution in [-0.2, 0) is 0 Å². The number of nitrogens with zero attached hydrogens (tertiary/aromatic N) is 2. The van der Waals surface area contributed by atoms with Crippen LogP contribution < -0.4 is 11.5 Å². The van der Waals surface area contributed by atoms with Crippen molar-refractivity contribution < 1.29 is 9.32 Å². The van der Waals surface area contributed by atoms with Gasteiger partial charge in [-0.15, -0.1) is 0 Å². The first-order valence-electron chi connectivity index (χ1n) is 5.57. The van der Waals surface area contributed by atoms with Crippen molar-refractivity contribution in [1.29, 1.82) is 0 Å². The van der Waals surface area contributed by atoms with E-state index in [0.29, 0.717) is 11.8 Å². The average molecular weight is 224 g/mol. The van der Waals surface area contributed by atoms with Gasteiger partial charge in [-0.1, -0.05) is 24.4 Å². The lowest BCUT2D eigenvalue weighted by atomic mass is 9.84. The molecule has 88 valence electrons. The molecule has 0 radical (unpaired) electrons. The monoisotopic (exact) mass is 224 g/mol. The fraction of sp³-hybridized carbons (Fsp3) is 0.700. The minimum Gasteiger partial charge on any atom is -0.363 e. The Kier molecular flexibility index (Phi) is 3.19. The van der Waals surface area contributed by atoms with Gasteiger partial charge < -0.3 is 16.0 Å². The van der Waals surface area contributed by atoms with Gasteiger partial charge in [0.05, 0.1) is 6.04 Å². The second-order valence-corrected chi connectivity index (χ2v) is 4.24. The van der Waals surface area contributed by atoms with E-state index in [4.69, 9.17) is 16.0 Å². The Morgan fingerprint density at radius 2 is 2.06 bits per heavy atom. The lowest BCUT2D eigenvalue weighted by molar-refractivity contribution is 0.0987. The first-order chi connectivity index (χ1) is 7.68. The molecule has 1 atom stereocenters. The van der Waals surface area contributed by atoms with E-state index in [1.54, 1.807) is 0 Å². The SMILES string of the molecule is NC(=O)c1noc(C(N)C2CCCCC2)n1. The van der Waals surface area contributed by atoms with Crippen molar-refractivity contribution in [3.8, 4) is 0 Å². The lowest BCUT2D eigenvalue weighted by Gasteiger charge is -2.24. The van der Waals surface area contributed by atoms with E-state index < -0.39 is 5.91 Å². The number of rotatable bonds is 3. The van der Waals surface area contributed by atoms with Crippen molar-refractivity contribution in [3.05, 3.63) is 11.7 Å². The summed E-state index contributed by atoms with van der Waals surface area (Å²) in [5.74, 6) is -0.0947. The molecule has 4 N–H and O–H groups in total. The van der Waals surface area contributed by atoms with Crippen LogP contribution in [0.4, 0.5) is 0 Å². The Hall–Kier alpha value is -1.43. The van der Waals surface area contributed by atoms with Crippen molar-refractivity contribution in [2.24, 2.45) is 17.4 Å². The van der Waals surface area contributed by atoms with Gasteiger partial charge >= 0.3 is 0 Å². The highest BCUT2D eigenvalue weighted by molar-refractivity contribution is 5.88. The van der Waals surface area contributed by atoms with Crippen LogP contribution in [0.5, 0.6) is 0 Å². The smallest absolute Gasteiger partial charge is 0.290 e. The Labute approximate surface area is 93.4 Å². The van der Waals surface area contributed by atoms with E-state index in [0.717, 1.165) is 12.8 Å². The zero-order valence-electron chi connectivity index (χ0n) is 9.06. The van der Waals surface area contributed by atoms with E-state index in [9.17, 15) is 4.79 Å². The summed E-state index contributed by atoms with van der Waals surface area (Å²) in [4.78, 5) is 14.7. The summed E-state index contributed by atoms with van der Waals surface area (Å²) in [6, 6.07) is -0.277. The van der Waals surface area contributed by atoms with E-state index in [2.05, 4.69) is 10.1 Å². The zero-order chi connectivity index (χ0) is 11.5. The van der Waals surface area contributed by atoms with Crippen LogP contribution in [0.25, 0.3) is 0 Å². The van der Waals surface area contributed by atoms with Gasteiger partial charge in [-0.25, -0.2) is 0 Å². The van der Waals surface area contributed by atoms with Crippen molar-refractivity contribution >= 4 is 5.91 Å². The number of primary amides is 1. The summed E-state index contributed by atoms with van der Waals surface area (Å²) in [5.41, 5.74) is 11.1. The van der Waals surface area contributed by atoms with Crippen LogP contribution in [0, 0.1) is 5.92 Å². The fourth-order valence-electron chi connectivity index (χ4n) is 2.17. The molecule has 1 aromatic rings. The summed E-state index contributed by atoms with van der Waals surface area (Å²) in [7, 11) is 0. The fourth-order valence-corrected chi connectivity index (χ4v) is 2.17. The first kappa shape index (κ1) is 11.1. The molecular formula is C10H16N4O2. The third-order valence-corrected chi connectivity index (χ3v) is 3.10. The number of carbonyl (C=O) groups excluding carboxylic acids is 1. The van der Waals surface area contributed by atoms with Crippen LogP contribution in [0.2, 0.25) is 0 Å². The molecule has 1 fully saturated rings. The molecule has 0 aromatic carbocycles. The number of hydrogen-bond acceptors (Lipinski definition) is 5. The molecule has 1 amide bonds. The van der Waals surface area contributed by atoms with Gasteiger partial charge in [0.2, 0.25) is 5.89 Å². The molecule has 0 saturated heterocycles. The minimum absolute atomic E-state index is 0.0961. The van der Waals surface area contributed by atoms with E-state index in [1.807, 2.05) is 0 Å². The highest BCUT2D eigenvalue weighted by atomic mass is 16.5. The molecule has 1 saturated carbocycles. The molecule has 0 aliphatic heterocycles. The molecule has 1 heterocycles. The number of aromatic nitrogens is 2. The molecule has 1 aliphatic rings. The molecule has 6 heteroatoms. The van der Waals surface area contributed by atoms with Gasteiger partial charge in [0.25, 0.3) is 11.7 Å². The Bertz CT molecular complexity index is 371. The number of hydrogen-bond donors (Lipinski definition) is 2. The first-order valence-corrected chi connectivity index (χ1v) is 5.57. The molecule has 1 aliphatic carbocycles. The van der Waals surface area contributed by atoms with Crippen molar-refractivity contribution in [3.63, 3.8) is 0 Å². The summed E-state index contributed by atoms with van der Waals surface area (Å²) >= 11 is 0. The summed E-state index contributed by atoms with van der Waals surface area (Å²) in [6.45, 7) is 0. The third kappa shape index (κ3) is 2.21. The second-order valence-electron chi connectivity index (χ2n) is 4.24. The Balaban J connectivity index is 2.07. The number of nitrogens with two attached hydrogens (primary N) is 2. The third-order valence-electron chi connectivity index (χ3n) is 3.10. The van der Waals surface area contributed by atoms with Crippen molar-refractivity contribution in [1.82, 2.24) is 10.1 Å². The topological polar surface area (TPSA) is 108 Å². The Morgan fingerprint density at radius 3 is 2.62 bits per heavy atom. The predicted octanol–water partition coefficient (Wildman–Crippen LogP) is 0.749. The standard InChI is InChI=1S/C10H16N4O2/c11-7(6-4-2-1-3-5-6)10-13-9(8(12)15)14-16-10/h6-7H,1-5,11H2,(H2,12,15). The summed E-state index contributed by atoms with van der Waals surface area (Å²) in [6.07, 6.45) is 5.80. The van der Waals surface area contributed by atoms with Gasteiger partial charge in [-0.05, 0) is 18.8 Å². The van der Waals surface area contributed by atoms with Gasteiger partial charge in [-0.2, -0.15) is 4.98 Å². The normalized spacial score (nSPS) is 19.6. The van der Waals surface area contributed by atoms with Crippen LogP contribution in [0.15, 0.2) is 4.52 Å². The van der Waals surface area contributed by atoms with Gasteiger partial charge in [0, 0.05) is 0 Å². The number of carbonyl (C=O) groups is 1. The largest absolute Gasteiger partial charge is 0.363 e. The lowest BCUT2D eigenvalue weighted by Crippen LogP contribution is -2.24. The molecule has 6 nitrogen and oxygen atoms in total. The summed E-state index contributed by atoms with van der Waals surface area (Å²) in [5, 5.41) is 3.49. The highest BCUT2D eigenvalue weighted by Gasteiger charge is 2.26. The quantitative estimate of drug-likeness (QED) is 0.787. The molecule has 16 heavy (non-hydrogen) atoms. The van der Waals surface area contributed by atoms with E-state index in [-0.39, 0.29) is 11.9 Å². The highest BCUT2D eigenvalue weighted by Crippen LogP contribution is 2.32. The molecule has 2 rings (SSSR count). The van der Waals surface area contributed by atoms with Crippen molar-refractivity contribution in [2.45, 2.75) is 38.1 Å². The maximum absolute atomic E-state index is 10.8. The molecule has 0 bridgehead atoms. The average Bonchev–Trinajstić information content (AvgIpc) is 2.78. The van der Waals surface area contributed by atoms with Crippen LogP contribution in [-0.4, -0.2) is 16.0 Å². The van der Waals surface area contributed by atoms with Crippen LogP contribution in [0.3, 0.4) is 0 Å². The van der Waals surface area contributed by atoms with Crippen LogP contribution >= 0.6 is 0 Å². The maximum atomic E-state index is 10.8. The van der Waals surface area contributed by atoms with Gasteiger partial charge in [-0.3, -0.25) is 4.79 Å². The van der Waals surface area contributed by atoms with Gasteiger partial charge in [0.15, 0.2) is 0 Å². The minimum atomic E-state index is -0.689. The molecular weight excluding hydrogens is 208 g/mol.